The molecule has 2 aromatic rings. The lowest BCUT2D eigenvalue weighted by Gasteiger charge is -2.51. The van der Waals surface area contributed by atoms with E-state index in [2.05, 4.69) is 41.5 Å². The standard InChI is InChI=1S/C35H40N10O14S4/c1-13(2)57-35(52)59-14(3)58-32(51)24-16(7-53-4)10-61-30-23(29(49)45(24)30)40-26(47)21(44-55-6)18-12-63-34(38-18)42-27(48)22(28-41-19-15(9-60-28)8-56-31(19)50)39-25(46)20(43-54-5)17-11-62-33(36)37-17/h10-14,22-24,28,30,41H,7-9H2,1-6H3,(H2,36,37)(H,39,46)(H,40,47)(H,38,42,48)/b43-20-,44-21-/t14?,22-,23-,24?,28-,30-/m1/s1. The van der Waals surface area contributed by atoms with Crippen molar-refractivity contribution in [2.45, 2.75) is 62.0 Å². The van der Waals surface area contributed by atoms with Gasteiger partial charge < -0.3 is 65.3 Å². The van der Waals surface area contributed by atoms with Gasteiger partial charge in [-0.3, -0.25) is 19.2 Å². The SMILES string of the molecule is COCC1=CS[C@@H]2[C@H](NC(=O)/C(=N\OC)c3csc(NC(=O)[C@@H](NC(=O)/C(=N\OC)c4csc(N)n4)[C@@H]4NC5=C(COC5=O)CS4)n3)C(=O)N2C1C(=O)OC(C)OC(=O)OC(C)C. The lowest BCUT2D eigenvalue weighted by atomic mass is 9.98. The van der Waals surface area contributed by atoms with Crippen molar-refractivity contribution in [3.05, 3.63) is 44.4 Å². The number of hydrogen-bond donors (Lipinski definition) is 5. The molecule has 1 saturated heterocycles. The summed E-state index contributed by atoms with van der Waals surface area (Å²) in [4.78, 5) is 112. The third-order valence-electron chi connectivity index (χ3n) is 8.83. The minimum absolute atomic E-state index is 0.0357. The van der Waals surface area contributed by atoms with Crippen LogP contribution in [-0.2, 0) is 62.1 Å². The van der Waals surface area contributed by atoms with E-state index in [0.29, 0.717) is 16.9 Å². The Kier molecular flexibility index (Phi) is 15.1. The number of nitrogens with zero attached hydrogens (tertiary/aromatic N) is 5. The number of fused-ring (bicyclic) bond motifs is 1. The predicted octanol–water partition coefficient (Wildman–Crippen LogP) is 0.229. The van der Waals surface area contributed by atoms with Crippen LogP contribution in [0, 0.1) is 0 Å². The number of β-lactam (4-membered cyclic amide) rings is 1. The fourth-order valence-corrected chi connectivity index (χ4v) is 9.82. The second-order valence-electron chi connectivity index (χ2n) is 13.5. The fraction of sp³-hybridized carbons (Fsp3) is 0.457. The summed E-state index contributed by atoms with van der Waals surface area (Å²) in [6.45, 7) is 4.58. The van der Waals surface area contributed by atoms with E-state index in [4.69, 9.17) is 39.1 Å². The third kappa shape index (κ3) is 10.6. The van der Waals surface area contributed by atoms with Crippen molar-refractivity contribution >= 4 is 110 Å². The Morgan fingerprint density at radius 2 is 1.68 bits per heavy atom. The van der Waals surface area contributed by atoms with E-state index in [1.165, 1.54) is 55.7 Å². The average Bonchev–Trinajstić information content (AvgIpc) is 3.99. The van der Waals surface area contributed by atoms with Gasteiger partial charge >= 0.3 is 18.1 Å². The fourth-order valence-electron chi connectivity index (χ4n) is 6.17. The molecule has 0 spiro atoms. The van der Waals surface area contributed by atoms with E-state index >= 15 is 0 Å². The highest BCUT2D eigenvalue weighted by Gasteiger charge is 2.56. The van der Waals surface area contributed by atoms with Gasteiger partial charge in [-0.15, -0.1) is 46.2 Å². The second kappa shape index (κ2) is 20.5. The number of hydrogen-bond acceptors (Lipinski definition) is 24. The van der Waals surface area contributed by atoms with Crippen molar-refractivity contribution in [1.82, 2.24) is 30.8 Å². The number of amides is 4. The van der Waals surface area contributed by atoms with E-state index in [-0.39, 0.29) is 52.0 Å². The van der Waals surface area contributed by atoms with Gasteiger partial charge in [0.05, 0.1) is 12.7 Å². The zero-order valence-corrected chi connectivity index (χ0v) is 37.3. The van der Waals surface area contributed by atoms with E-state index in [9.17, 15) is 33.6 Å². The predicted molar refractivity (Wildman–Crippen MR) is 226 cm³/mol. The van der Waals surface area contributed by atoms with Crippen LogP contribution in [0.4, 0.5) is 15.1 Å². The van der Waals surface area contributed by atoms with E-state index in [1.54, 1.807) is 19.3 Å². The Bertz CT molecular complexity index is 2280. The number of carbonyl (C=O) groups is 7. The van der Waals surface area contributed by atoms with Crippen LogP contribution in [0.5, 0.6) is 0 Å². The number of nitrogens with two attached hydrogens (primary N) is 1. The first-order valence-electron chi connectivity index (χ1n) is 18.5. The Labute approximate surface area is 374 Å². The Morgan fingerprint density at radius 3 is 2.35 bits per heavy atom. The smallest absolute Gasteiger partial charge is 0.456 e. The number of ether oxygens (including phenoxy) is 5. The summed E-state index contributed by atoms with van der Waals surface area (Å²) in [6.07, 6.45) is -2.90. The van der Waals surface area contributed by atoms with Crippen molar-refractivity contribution in [1.29, 1.82) is 0 Å². The Hall–Kier alpha value is -5.97. The van der Waals surface area contributed by atoms with Crippen molar-refractivity contribution < 1.29 is 66.9 Å². The summed E-state index contributed by atoms with van der Waals surface area (Å²) in [6, 6.07) is -3.81. The molecular weight excluding hydrogens is 913 g/mol. The number of thiazole rings is 2. The second-order valence-corrected chi connectivity index (χ2v) is 17.4. The van der Waals surface area contributed by atoms with Crippen molar-refractivity contribution in [3.8, 4) is 0 Å². The van der Waals surface area contributed by atoms with Gasteiger partial charge in [-0.1, -0.05) is 10.3 Å². The van der Waals surface area contributed by atoms with E-state index in [0.717, 1.165) is 34.4 Å². The van der Waals surface area contributed by atoms with Gasteiger partial charge in [-0.25, -0.2) is 24.4 Å². The summed E-state index contributed by atoms with van der Waals surface area (Å²) < 4.78 is 25.6. The molecule has 338 valence electrons. The van der Waals surface area contributed by atoms with E-state index < -0.39 is 83.0 Å². The molecule has 0 radical (unpaired) electrons. The molecule has 1 fully saturated rings. The van der Waals surface area contributed by atoms with Crippen molar-refractivity contribution in [2.75, 3.05) is 51.3 Å². The number of aromatic nitrogens is 2. The summed E-state index contributed by atoms with van der Waals surface area (Å²) in [5.74, 6) is -4.38. The van der Waals surface area contributed by atoms with Crippen LogP contribution in [0.3, 0.4) is 0 Å². The largest absolute Gasteiger partial charge is 0.511 e. The third-order valence-corrected chi connectivity index (χ3v) is 12.7. The molecule has 0 aromatic carbocycles. The van der Waals surface area contributed by atoms with Crippen LogP contribution in [-0.4, -0.2) is 150 Å². The van der Waals surface area contributed by atoms with Gasteiger partial charge in [-0.2, -0.15) is 0 Å². The maximum absolute atomic E-state index is 14.0. The Morgan fingerprint density at radius 1 is 0.984 bits per heavy atom. The number of nitrogen functional groups attached to an aromatic ring is 1. The highest BCUT2D eigenvalue weighted by molar-refractivity contribution is 8.03. The molecule has 0 saturated carbocycles. The molecule has 2 unspecified atom stereocenters. The first-order chi connectivity index (χ1) is 30.1. The molecule has 0 aliphatic carbocycles. The van der Waals surface area contributed by atoms with Gasteiger partial charge in [0, 0.05) is 36.1 Å². The zero-order valence-electron chi connectivity index (χ0n) is 34.1. The number of carbonyl (C=O) groups excluding carboxylic acids is 7. The van der Waals surface area contributed by atoms with Crippen LogP contribution < -0.4 is 27.0 Å². The number of rotatable bonds is 17. The molecule has 0 bridgehead atoms. The van der Waals surface area contributed by atoms with Gasteiger partial charge in [0.2, 0.25) is 12.2 Å². The molecule has 63 heavy (non-hydrogen) atoms. The van der Waals surface area contributed by atoms with Gasteiger partial charge in [-0.05, 0) is 24.8 Å². The summed E-state index contributed by atoms with van der Waals surface area (Å²) in [5.41, 5.74) is 6.40. The molecule has 4 amide bonds. The number of nitrogens with one attached hydrogen (secondary N) is 4. The molecular formula is C35H40N10O14S4. The maximum Gasteiger partial charge on any atom is 0.511 e. The van der Waals surface area contributed by atoms with E-state index in [1.807, 2.05) is 0 Å². The zero-order chi connectivity index (χ0) is 45.5. The van der Waals surface area contributed by atoms with Gasteiger partial charge in [0.25, 0.3) is 17.7 Å². The lowest BCUT2D eigenvalue weighted by molar-refractivity contribution is -0.179. The minimum atomic E-state index is -1.39. The van der Waals surface area contributed by atoms with Crippen LogP contribution in [0.25, 0.3) is 0 Å². The highest BCUT2D eigenvalue weighted by Crippen LogP contribution is 2.40. The monoisotopic (exact) mass is 952 g/mol. The quantitative estimate of drug-likeness (QED) is 0.0354. The van der Waals surface area contributed by atoms with Crippen LogP contribution >= 0.6 is 46.2 Å². The molecule has 6 rings (SSSR count). The molecule has 4 aliphatic rings. The van der Waals surface area contributed by atoms with Gasteiger partial charge in [0.1, 0.15) is 60.7 Å². The first-order valence-corrected chi connectivity index (χ1v) is 22.2. The highest BCUT2D eigenvalue weighted by atomic mass is 32.2. The first kappa shape index (κ1) is 46.5. The molecule has 6 atom stereocenters. The molecule has 6 N–H and O–H groups in total. The lowest BCUT2D eigenvalue weighted by Crippen LogP contribution is -2.74. The summed E-state index contributed by atoms with van der Waals surface area (Å²) in [7, 11) is 3.81. The Balaban J connectivity index is 1.15. The van der Waals surface area contributed by atoms with Gasteiger partial charge in [0.15, 0.2) is 27.7 Å². The molecule has 6 heterocycles. The number of thioether (sulfide) groups is 2. The summed E-state index contributed by atoms with van der Waals surface area (Å²) >= 11 is 4.33. The van der Waals surface area contributed by atoms with Crippen LogP contribution in [0.1, 0.15) is 32.2 Å². The summed E-state index contributed by atoms with van der Waals surface area (Å²) in [5, 5.41) is 21.4. The maximum atomic E-state index is 14.0. The number of cyclic esters (lactones) is 1. The molecule has 4 aliphatic heterocycles. The molecule has 24 nitrogen and oxygen atoms in total. The number of methoxy groups -OCH3 is 1. The van der Waals surface area contributed by atoms with Crippen LogP contribution in [0.2, 0.25) is 0 Å². The normalized spacial score (nSPS) is 21.6. The minimum Gasteiger partial charge on any atom is -0.456 e. The average molecular weight is 953 g/mol. The molecule has 28 heteroatoms. The molecule has 2 aromatic heterocycles. The number of anilines is 2. The van der Waals surface area contributed by atoms with Crippen LogP contribution in [0.15, 0.2) is 43.3 Å². The number of oxime groups is 2. The van der Waals surface area contributed by atoms with Crippen molar-refractivity contribution in [2.24, 2.45) is 10.3 Å². The van der Waals surface area contributed by atoms with Crippen molar-refractivity contribution in [3.63, 3.8) is 0 Å². The number of esters is 2. The topological polar surface area (TPSA) is 312 Å².